The number of carbonyl (C=O) groups is 2. The van der Waals surface area contributed by atoms with Crippen molar-refractivity contribution in [2.75, 3.05) is 7.11 Å². The summed E-state index contributed by atoms with van der Waals surface area (Å²) in [6, 6.07) is 32.9. The SMILES string of the molecule is COC(=O)CCc1c2ccccc2[n+](C)c2ccccc12.C[n+]1c2ccccc2c(CCC(=O)O)c2ccccc21.Cl.[Cl-].[I-]. The molecule has 0 saturated heterocycles. The lowest BCUT2D eigenvalue weighted by molar-refractivity contribution is -0.617. The zero-order chi connectivity index (χ0) is 28.9. The number of carboxylic acid groups (broad SMARTS) is 1. The van der Waals surface area contributed by atoms with Crippen molar-refractivity contribution in [1.82, 2.24) is 0 Å². The number of aryl methyl sites for hydroxylation is 4. The zero-order valence-corrected chi connectivity index (χ0v) is 28.5. The van der Waals surface area contributed by atoms with Crippen LogP contribution in [0.2, 0.25) is 0 Å². The lowest BCUT2D eigenvalue weighted by atomic mass is 9.98. The number of carbonyl (C=O) groups excluding carboxylic acids is 1. The predicted octanol–water partition coefficient (Wildman–Crippen LogP) is 0.188. The standard InChI is InChI=1S/C18H18NO2.C17H15NO2.2ClH.HI/c1-19-16-9-5-3-7-14(16)13(11-12-18(20)21-2)15-8-4-6-10-17(15)19;1-18-15-8-4-2-6-13(15)12(10-11-17(19)20)14-7-3-5-9-16(14)18;;;/h3-10H,11-12H2,1-2H3;2-9H,10-11H2,1H3;3*1H/q+1;;;;/p-1. The molecule has 0 aliphatic heterocycles. The number of ether oxygens (including phenoxy) is 1. The summed E-state index contributed by atoms with van der Waals surface area (Å²) in [6.07, 6.45) is 1.80. The molecule has 0 amide bonds. The van der Waals surface area contributed by atoms with Crippen LogP contribution in [0.15, 0.2) is 97.1 Å². The molecule has 0 unspecified atom stereocenters. The Morgan fingerprint density at radius 2 is 0.909 bits per heavy atom. The van der Waals surface area contributed by atoms with E-state index in [4.69, 9.17) is 9.84 Å². The molecular weight excluding hydrogens is 710 g/mol. The Bertz CT molecular complexity index is 1820. The van der Waals surface area contributed by atoms with E-state index >= 15 is 0 Å². The number of hydrogen-bond donors (Lipinski definition) is 1. The Kier molecular flexibility index (Phi) is 13.8. The van der Waals surface area contributed by atoms with E-state index in [1.807, 2.05) is 55.6 Å². The average Bonchev–Trinajstić information content (AvgIpc) is 3.01. The van der Waals surface area contributed by atoms with Crippen molar-refractivity contribution >= 4 is 68.0 Å². The number of benzene rings is 4. The maximum Gasteiger partial charge on any atom is 0.305 e. The van der Waals surface area contributed by atoms with E-state index < -0.39 is 5.97 Å². The summed E-state index contributed by atoms with van der Waals surface area (Å²) in [5.74, 6) is -0.928. The third kappa shape index (κ3) is 7.57. The normalized spacial score (nSPS) is 10.2. The zero-order valence-electron chi connectivity index (χ0n) is 24.8. The summed E-state index contributed by atoms with van der Waals surface area (Å²) < 4.78 is 9.14. The first-order chi connectivity index (χ1) is 19.9. The number of methoxy groups -OCH3 is 1. The van der Waals surface area contributed by atoms with E-state index in [2.05, 4.69) is 64.7 Å². The number of halogens is 3. The molecule has 0 bridgehead atoms. The third-order valence-electron chi connectivity index (χ3n) is 7.76. The second-order valence-electron chi connectivity index (χ2n) is 10.1. The molecular formula is C35H35Cl2IN2O4. The number of nitrogens with zero attached hydrogens (tertiary/aromatic N) is 2. The van der Waals surface area contributed by atoms with Gasteiger partial charge in [-0.15, -0.1) is 12.4 Å². The minimum Gasteiger partial charge on any atom is -1.00 e. The van der Waals surface area contributed by atoms with Gasteiger partial charge in [-0.1, -0.05) is 48.5 Å². The lowest BCUT2D eigenvalue weighted by Gasteiger charge is -2.09. The Morgan fingerprint density at radius 3 is 1.20 bits per heavy atom. The molecule has 0 fully saturated rings. The van der Waals surface area contributed by atoms with E-state index in [0.717, 1.165) is 27.4 Å². The number of aromatic nitrogens is 2. The van der Waals surface area contributed by atoms with Crippen LogP contribution < -0.4 is 45.5 Å². The Balaban J connectivity index is 0.000000287. The molecule has 0 aliphatic carbocycles. The molecule has 0 saturated carbocycles. The summed E-state index contributed by atoms with van der Waals surface area (Å²) in [7, 11) is 5.56. The van der Waals surface area contributed by atoms with Crippen molar-refractivity contribution < 1.29 is 65.0 Å². The maximum atomic E-state index is 11.5. The van der Waals surface area contributed by atoms with Crippen LogP contribution in [-0.4, -0.2) is 24.2 Å². The monoisotopic (exact) mass is 744 g/mol. The number of para-hydroxylation sites is 4. The molecule has 0 spiro atoms. The van der Waals surface area contributed by atoms with Gasteiger partial charge in [0.25, 0.3) is 0 Å². The number of esters is 1. The molecule has 6 rings (SSSR count). The van der Waals surface area contributed by atoms with Gasteiger partial charge in [0.1, 0.15) is 14.1 Å². The van der Waals surface area contributed by atoms with Crippen molar-refractivity contribution in [3.63, 3.8) is 0 Å². The van der Waals surface area contributed by atoms with Gasteiger partial charge < -0.3 is 46.2 Å². The molecule has 2 heterocycles. The van der Waals surface area contributed by atoms with Crippen LogP contribution in [0.25, 0.3) is 43.6 Å². The molecule has 9 heteroatoms. The minimum atomic E-state index is -0.758. The molecule has 2 aromatic heterocycles. The Labute approximate surface area is 286 Å². The van der Waals surface area contributed by atoms with Crippen LogP contribution >= 0.6 is 12.4 Å². The fraction of sp³-hybridized carbons (Fsp3) is 0.200. The van der Waals surface area contributed by atoms with E-state index in [1.165, 1.54) is 34.5 Å². The predicted molar refractivity (Wildman–Crippen MR) is 169 cm³/mol. The van der Waals surface area contributed by atoms with Gasteiger partial charge in [-0.25, -0.2) is 0 Å². The van der Waals surface area contributed by atoms with Gasteiger partial charge in [0.05, 0.1) is 28.7 Å². The van der Waals surface area contributed by atoms with Crippen LogP contribution in [0, 0.1) is 0 Å². The van der Waals surface area contributed by atoms with Gasteiger partial charge in [0.2, 0.25) is 22.1 Å². The second-order valence-corrected chi connectivity index (χ2v) is 10.1. The summed E-state index contributed by atoms with van der Waals surface area (Å²) in [5.41, 5.74) is 6.95. The van der Waals surface area contributed by atoms with Gasteiger partial charge in [-0.2, -0.15) is 9.13 Å². The number of pyridine rings is 2. The smallest absolute Gasteiger partial charge is 0.305 e. The average molecular weight is 745 g/mol. The largest absolute Gasteiger partial charge is 1.00 e. The molecule has 44 heavy (non-hydrogen) atoms. The Morgan fingerprint density at radius 1 is 0.614 bits per heavy atom. The van der Waals surface area contributed by atoms with Gasteiger partial charge in [-0.05, 0) is 48.2 Å². The van der Waals surface area contributed by atoms with Gasteiger partial charge in [0.15, 0.2) is 0 Å². The molecule has 4 aromatic carbocycles. The van der Waals surface area contributed by atoms with Gasteiger partial charge in [-0.3, -0.25) is 9.59 Å². The fourth-order valence-corrected chi connectivity index (χ4v) is 5.73. The molecule has 230 valence electrons. The summed E-state index contributed by atoms with van der Waals surface area (Å²) in [4.78, 5) is 22.4. The summed E-state index contributed by atoms with van der Waals surface area (Å²) in [5, 5.41) is 13.6. The third-order valence-corrected chi connectivity index (χ3v) is 7.76. The molecule has 0 radical (unpaired) electrons. The van der Waals surface area contributed by atoms with Crippen molar-refractivity contribution in [2.24, 2.45) is 14.1 Å². The topological polar surface area (TPSA) is 71.4 Å². The first-order valence-corrected chi connectivity index (χ1v) is 13.8. The van der Waals surface area contributed by atoms with Crippen LogP contribution in [0.3, 0.4) is 0 Å². The number of fused-ring (bicyclic) bond motifs is 4. The van der Waals surface area contributed by atoms with Crippen molar-refractivity contribution in [3.8, 4) is 0 Å². The van der Waals surface area contributed by atoms with Crippen molar-refractivity contribution in [1.29, 1.82) is 0 Å². The first-order valence-electron chi connectivity index (χ1n) is 13.8. The second kappa shape index (κ2) is 16.5. The van der Waals surface area contributed by atoms with Gasteiger partial charge >= 0.3 is 11.9 Å². The highest BCUT2D eigenvalue weighted by molar-refractivity contribution is 5.95. The quantitative estimate of drug-likeness (QED) is 0.115. The van der Waals surface area contributed by atoms with E-state index in [-0.39, 0.29) is 61.2 Å². The molecule has 0 atom stereocenters. The van der Waals surface area contributed by atoms with Crippen LogP contribution in [-0.2, 0) is 41.3 Å². The highest BCUT2D eigenvalue weighted by Crippen LogP contribution is 2.27. The van der Waals surface area contributed by atoms with E-state index in [1.54, 1.807) is 0 Å². The fourth-order valence-electron chi connectivity index (χ4n) is 5.73. The number of rotatable bonds is 6. The van der Waals surface area contributed by atoms with Crippen LogP contribution in [0.1, 0.15) is 24.0 Å². The lowest BCUT2D eigenvalue weighted by Crippen LogP contribution is -3.00. The van der Waals surface area contributed by atoms with Crippen molar-refractivity contribution in [3.05, 3.63) is 108 Å². The molecule has 0 aliphatic rings. The number of aliphatic carboxylic acids is 1. The molecule has 6 aromatic rings. The van der Waals surface area contributed by atoms with E-state index in [0.29, 0.717) is 19.3 Å². The highest BCUT2D eigenvalue weighted by atomic mass is 127. The number of hydrogen-bond acceptors (Lipinski definition) is 3. The molecule has 6 nitrogen and oxygen atoms in total. The summed E-state index contributed by atoms with van der Waals surface area (Å²) in [6.45, 7) is 0. The molecule has 1 N–H and O–H groups in total. The highest BCUT2D eigenvalue weighted by Gasteiger charge is 2.19. The maximum absolute atomic E-state index is 11.5. The van der Waals surface area contributed by atoms with Crippen molar-refractivity contribution in [2.45, 2.75) is 25.7 Å². The van der Waals surface area contributed by atoms with E-state index in [9.17, 15) is 9.59 Å². The number of carboxylic acids is 1. The summed E-state index contributed by atoms with van der Waals surface area (Å²) >= 11 is 0. The minimum absolute atomic E-state index is 0. The first kappa shape index (κ1) is 36.7. The Hall–Kier alpha value is -3.53. The van der Waals surface area contributed by atoms with Crippen LogP contribution in [0.5, 0.6) is 0 Å². The van der Waals surface area contributed by atoms with Gasteiger partial charge in [0, 0.05) is 37.1 Å². The van der Waals surface area contributed by atoms with Crippen LogP contribution in [0.4, 0.5) is 0 Å².